The van der Waals surface area contributed by atoms with Crippen LogP contribution >= 0.6 is 0 Å². The Labute approximate surface area is 168 Å². The quantitative estimate of drug-likeness (QED) is 0.713. The molecule has 4 rings (SSSR count). The minimum atomic E-state index is -0.566. The fourth-order valence-corrected chi connectivity index (χ4v) is 3.61. The number of fused-ring (bicyclic) bond motifs is 1. The van der Waals surface area contributed by atoms with Crippen molar-refractivity contribution in [3.63, 3.8) is 0 Å². The number of hydrogen-bond acceptors (Lipinski definition) is 3. The summed E-state index contributed by atoms with van der Waals surface area (Å²) in [6, 6.07) is 12.9. The number of carbonyl (C=O) groups excluding carboxylic acids is 2. The molecule has 7 heteroatoms. The van der Waals surface area contributed by atoms with E-state index in [9.17, 15) is 14.0 Å². The van der Waals surface area contributed by atoms with Gasteiger partial charge >= 0.3 is 0 Å². The molecule has 0 radical (unpaired) electrons. The van der Waals surface area contributed by atoms with Gasteiger partial charge in [0.25, 0.3) is 11.8 Å². The number of benzene rings is 2. The molecule has 150 valence electrons. The average molecular weight is 394 g/mol. The molecule has 3 aromatic rings. The first-order valence-electron chi connectivity index (χ1n) is 9.75. The first kappa shape index (κ1) is 19.1. The number of aromatic amines is 1. The Balaban J connectivity index is 1.50. The van der Waals surface area contributed by atoms with Crippen molar-refractivity contribution in [1.82, 2.24) is 14.8 Å². The van der Waals surface area contributed by atoms with E-state index in [1.54, 1.807) is 36.4 Å². The third kappa shape index (κ3) is 4.00. The summed E-state index contributed by atoms with van der Waals surface area (Å²) >= 11 is 0. The van der Waals surface area contributed by atoms with E-state index in [0.717, 1.165) is 30.5 Å². The summed E-state index contributed by atoms with van der Waals surface area (Å²) in [5.74, 6) is -1.10. The zero-order valence-corrected chi connectivity index (χ0v) is 16.2. The van der Waals surface area contributed by atoms with Gasteiger partial charge in [0, 0.05) is 42.8 Å². The maximum atomic E-state index is 13.8. The average Bonchev–Trinajstić information content (AvgIpc) is 3.17. The first-order valence-corrected chi connectivity index (χ1v) is 9.75. The Morgan fingerprint density at radius 3 is 2.55 bits per heavy atom. The number of anilines is 1. The summed E-state index contributed by atoms with van der Waals surface area (Å²) in [5, 5.41) is 3.52. The smallest absolute Gasteiger partial charge is 0.270 e. The second-order valence-electron chi connectivity index (χ2n) is 7.15. The third-order valence-electron chi connectivity index (χ3n) is 5.33. The highest BCUT2D eigenvalue weighted by Crippen LogP contribution is 2.22. The molecule has 2 aromatic carbocycles. The zero-order valence-electron chi connectivity index (χ0n) is 16.2. The van der Waals surface area contributed by atoms with E-state index in [0.29, 0.717) is 24.5 Å². The lowest BCUT2D eigenvalue weighted by Crippen LogP contribution is -2.48. The van der Waals surface area contributed by atoms with Crippen molar-refractivity contribution in [2.75, 3.05) is 38.0 Å². The standard InChI is InChI=1S/C22H23FN4O2/c1-2-26-9-11-27(12-10-26)22(29)20-14-15-13-16(7-8-19(15)25-20)24-21(28)17-5-3-4-6-18(17)23/h3-8,13-14,25H,2,9-12H2,1H3,(H,24,28). The molecule has 2 amide bonds. The van der Waals surface area contributed by atoms with Gasteiger partial charge in [0.2, 0.25) is 0 Å². The van der Waals surface area contributed by atoms with Gasteiger partial charge in [0.1, 0.15) is 11.5 Å². The topological polar surface area (TPSA) is 68.4 Å². The van der Waals surface area contributed by atoms with E-state index in [4.69, 9.17) is 0 Å². The van der Waals surface area contributed by atoms with Gasteiger partial charge < -0.3 is 20.1 Å². The van der Waals surface area contributed by atoms with Gasteiger partial charge in [-0.3, -0.25) is 9.59 Å². The minimum absolute atomic E-state index is 0.0104. The van der Waals surface area contributed by atoms with Crippen molar-refractivity contribution >= 4 is 28.4 Å². The van der Waals surface area contributed by atoms with Gasteiger partial charge in [0.05, 0.1) is 5.56 Å². The van der Waals surface area contributed by atoms with Crippen molar-refractivity contribution in [1.29, 1.82) is 0 Å². The molecule has 0 bridgehead atoms. The van der Waals surface area contributed by atoms with E-state index in [1.807, 2.05) is 4.90 Å². The largest absolute Gasteiger partial charge is 0.351 e. The maximum absolute atomic E-state index is 13.8. The molecule has 2 heterocycles. The fraction of sp³-hybridized carbons (Fsp3) is 0.273. The Morgan fingerprint density at radius 2 is 1.83 bits per heavy atom. The molecule has 1 aliphatic rings. The number of piperazine rings is 1. The Bertz CT molecular complexity index is 1050. The lowest BCUT2D eigenvalue weighted by atomic mass is 10.2. The highest BCUT2D eigenvalue weighted by molar-refractivity contribution is 6.06. The molecule has 0 spiro atoms. The number of rotatable bonds is 4. The number of likely N-dealkylation sites (N-methyl/N-ethyl adjacent to an activating group) is 1. The third-order valence-corrected chi connectivity index (χ3v) is 5.33. The van der Waals surface area contributed by atoms with E-state index in [1.165, 1.54) is 12.1 Å². The molecule has 0 saturated carbocycles. The SMILES string of the molecule is CCN1CCN(C(=O)c2cc3cc(NC(=O)c4ccccc4F)ccc3[nH]2)CC1. The van der Waals surface area contributed by atoms with Crippen LogP contribution in [0.1, 0.15) is 27.8 Å². The van der Waals surface area contributed by atoms with E-state index >= 15 is 0 Å². The second-order valence-corrected chi connectivity index (χ2v) is 7.15. The number of H-pyrrole nitrogens is 1. The molecule has 1 saturated heterocycles. The van der Waals surface area contributed by atoms with Gasteiger partial charge in [-0.2, -0.15) is 0 Å². The number of aromatic nitrogens is 1. The van der Waals surface area contributed by atoms with Crippen LogP contribution in [-0.4, -0.2) is 59.3 Å². The lowest BCUT2D eigenvalue weighted by Gasteiger charge is -2.33. The zero-order chi connectivity index (χ0) is 20.4. The molecular formula is C22H23FN4O2. The summed E-state index contributed by atoms with van der Waals surface area (Å²) in [6.45, 7) is 6.31. The van der Waals surface area contributed by atoms with Crippen molar-refractivity contribution in [3.05, 3.63) is 65.6 Å². The molecule has 0 atom stereocenters. The van der Waals surface area contributed by atoms with Crippen LogP contribution in [0.5, 0.6) is 0 Å². The Morgan fingerprint density at radius 1 is 1.07 bits per heavy atom. The maximum Gasteiger partial charge on any atom is 0.270 e. The van der Waals surface area contributed by atoms with Crippen molar-refractivity contribution in [2.45, 2.75) is 6.92 Å². The second kappa shape index (κ2) is 8.05. The molecule has 0 aliphatic carbocycles. The van der Waals surface area contributed by atoms with Crippen LogP contribution in [-0.2, 0) is 0 Å². The van der Waals surface area contributed by atoms with Crippen LogP contribution in [0.2, 0.25) is 0 Å². The molecular weight excluding hydrogens is 371 g/mol. The minimum Gasteiger partial charge on any atom is -0.351 e. The number of amides is 2. The number of hydrogen-bond donors (Lipinski definition) is 2. The van der Waals surface area contributed by atoms with Crippen molar-refractivity contribution in [2.24, 2.45) is 0 Å². The van der Waals surface area contributed by atoms with Crippen LogP contribution in [0, 0.1) is 5.82 Å². The van der Waals surface area contributed by atoms with Gasteiger partial charge in [-0.25, -0.2) is 4.39 Å². The van der Waals surface area contributed by atoms with E-state index in [2.05, 4.69) is 22.1 Å². The summed E-state index contributed by atoms with van der Waals surface area (Å²) < 4.78 is 13.8. The predicted octanol–water partition coefficient (Wildman–Crippen LogP) is 3.34. The van der Waals surface area contributed by atoms with E-state index < -0.39 is 11.7 Å². The van der Waals surface area contributed by atoms with Crippen LogP contribution in [0.25, 0.3) is 10.9 Å². The molecule has 0 unspecified atom stereocenters. The monoisotopic (exact) mass is 394 g/mol. The van der Waals surface area contributed by atoms with Gasteiger partial charge in [-0.15, -0.1) is 0 Å². The predicted molar refractivity (Wildman–Crippen MR) is 111 cm³/mol. The van der Waals surface area contributed by atoms with Crippen LogP contribution in [0.15, 0.2) is 48.5 Å². The van der Waals surface area contributed by atoms with Crippen LogP contribution < -0.4 is 5.32 Å². The molecule has 2 N–H and O–H groups in total. The molecule has 1 aromatic heterocycles. The highest BCUT2D eigenvalue weighted by Gasteiger charge is 2.22. The molecule has 1 fully saturated rings. The summed E-state index contributed by atoms with van der Waals surface area (Å²) in [5.41, 5.74) is 1.87. The summed E-state index contributed by atoms with van der Waals surface area (Å²) in [6.07, 6.45) is 0. The normalized spacial score (nSPS) is 14.9. The van der Waals surface area contributed by atoms with Crippen molar-refractivity contribution < 1.29 is 14.0 Å². The van der Waals surface area contributed by atoms with E-state index in [-0.39, 0.29) is 11.5 Å². The number of nitrogens with one attached hydrogen (secondary N) is 2. The van der Waals surface area contributed by atoms with Crippen molar-refractivity contribution in [3.8, 4) is 0 Å². The highest BCUT2D eigenvalue weighted by atomic mass is 19.1. The molecule has 6 nitrogen and oxygen atoms in total. The fourth-order valence-electron chi connectivity index (χ4n) is 3.61. The Kier molecular flexibility index (Phi) is 5.31. The molecule has 29 heavy (non-hydrogen) atoms. The number of carbonyl (C=O) groups is 2. The van der Waals surface area contributed by atoms with Gasteiger partial charge in [0.15, 0.2) is 0 Å². The first-order chi connectivity index (χ1) is 14.0. The van der Waals surface area contributed by atoms with Gasteiger partial charge in [-0.05, 0) is 42.9 Å². The van der Waals surface area contributed by atoms with Crippen LogP contribution in [0.4, 0.5) is 10.1 Å². The van der Waals surface area contributed by atoms with Crippen LogP contribution in [0.3, 0.4) is 0 Å². The lowest BCUT2D eigenvalue weighted by molar-refractivity contribution is 0.0638. The molecule has 1 aliphatic heterocycles. The number of nitrogens with zero attached hydrogens (tertiary/aromatic N) is 2. The summed E-state index contributed by atoms with van der Waals surface area (Å²) in [4.78, 5) is 32.5. The van der Waals surface area contributed by atoms with Gasteiger partial charge in [-0.1, -0.05) is 19.1 Å². The number of halogens is 1. The summed E-state index contributed by atoms with van der Waals surface area (Å²) in [7, 11) is 0. The Hall–Kier alpha value is -3.19.